The lowest BCUT2D eigenvalue weighted by molar-refractivity contribution is 0.373. The lowest BCUT2D eigenvalue weighted by atomic mass is 9.90. The summed E-state index contributed by atoms with van der Waals surface area (Å²) in [6.07, 6.45) is 3.76. The van der Waals surface area contributed by atoms with E-state index in [2.05, 4.69) is 35.6 Å². The molecule has 0 atom stereocenters. The van der Waals surface area contributed by atoms with Crippen LogP contribution in [0.15, 0.2) is 48.5 Å². The summed E-state index contributed by atoms with van der Waals surface area (Å²) in [5.41, 5.74) is 3.78. The molecule has 0 radical (unpaired) electrons. The summed E-state index contributed by atoms with van der Waals surface area (Å²) in [5, 5.41) is 4.25. The first kappa shape index (κ1) is 13.7. The molecule has 2 heteroatoms. The van der Waals surface area contributed by atoms with Crippen LogP contribution in [-0.4, -0.2) is 13.1 Å². The Hall–Kier alpha value is -1.31. The van der Waals surface area contributed by atoms with E-state index < -0.39 is 0 Å². The molecular formula is C18H20ClN. The summed E-state index contributed by atoms with van der Waals surface area (Å²) in [5.74, 6) is 0.817. The fourth-order valence-electron chi connectivity index (χ4n) is 2.98. The van der Waals surface area contributed by atoms with Gasteiger partial charge in [-0.15, -0.1) is 0 Å². The van der Waals surface area contributed by atoms with Crippen LogP contribution in [0, 0.1) is 5.92 Å². The zero-order valence-electron chi connectivity index (χ0n) is 11.6. The Kier molecular flexibility index (Phi) is 4.39. The van der Waals surface area contributed by atoms with Crippen LogP contribution in [-0.2, 0) is 6.42 Å². The minimum Gasteiger partial charge on any atom is -0.317 e. The van der Waals surface area contributed by atoms with Gasteiger partial charge in [0, 0.05) is 10.6 Å². The first-order chi connectivity index (χ1) is 9.83. The van der Waals surface area contributed by atoms with Crippen LogP contribution in [0.2, 0.25) is 5.02 Å². The van der Waals surface area contributed by atoms with Crippen LogP contribution in [0.3, 0.4) is 0 Å². The van der Waals surface area contributed by atoms with E-state index in [9.17, 15) is 0 Å². The molecule has 0 aromatic heterocycles. The fourth-order valence-corrected chi connectivity index (χ4v) is 3.23. The van der Waals surface area contributed by atoms with Crippen molar-refractivity contribution in [2.24, 2.45) is 5.92 Å². The summed E-state index contributed by atoms with van der Waals surface area (Å²) in [6, 6.07) is 16.9. The topological polar surface area (TPSA) is 12.0 Å². The first-order valence-corrected chi connectivity index (χ1v) is 7.75. The van der Waals surface area contributed by atoms with Crippen LogP contribution in [0.5, 0.6) is 0 Å². The maximum Gasteiger partial charge on any atom is 0.0484 e. The molecular weight excluding hydrogens is 266 g/mol. The molecule has 1 aliphatic heterocycles. The summed E-state index contributed by atoms with van der Waals surface area (Å²) >= 11 is 6.29. The van der Waals surface area contributed by atoms with E-state index in [0.717, 1.165) is 29.6 Å². The van der Waals surface area contributed by atoms with Gasteiger partial charge in [0.2, 0.25) is 0 Å². The number of halogens is 1. The van der Waals surface area contributed by atoms with Gasteiger partial charge in [-0.25, -0.2) is 0 Å². The van der Waals surface area contributed by atoms with Gasteiger partial charge >= 0.3 is 0 Å². The third-order valence-electron chi connectivity index (χ3n) is 4.09. The second-order valence-electron chi connectivity index (χ2n) is 5.58. The number of hydrogen-bond donors (Lipinski definition) is 1. The van der Waals surface area contributed by atoms with Gasteiger partial charge in [0.15, 0.2) is 0 Å². The Morgan fingerprint density at radius 2 is 1.80 bits per heavy atom. The van der Waals surface area contributed by atoms with Gasteiger partial charge in [-0.05, 0) is 55.5 Å². The summed E-state index contributed by atoms with van der Waals surface area (Å²) in [7, 11) is 0. The Labute approximate surface area is 126 Å². The monoisotopic (exact) mass is 285 g/mol. The molecule has 0 bridgehead atoms. The predicted octanol–water partition coefficient (Wildman–Crippen LogP) is 4.55. The second kappa shape index (κ2) is 6.43. The van der Waals surface area contributed by atoms with E-state index in [1.54, 1.807) is 0 Å². The highest BCUT2D eigenvalue weighted by Crippen LogP contribution is 2.29. The van der Waals surface area contributed by atoms with Crippen molar-refractivity contribution >= 4 is 11.6 Å². The molecule has 1 heterocycles. The lowest BCUT2D eigenvalue weighted by Crippen LogP contribution is -2.28. The van der Waals surface area contributed by atoms with Gasteiger partial charge in [-0.1, -0.05) is 54.1 Å². The third kappa shape index (κ3) is 3.23. The molecule has 0 aliphatic carbocycles. The fraction of sp³-hybridized carbons (Fsp3) is 0.333. The average Bonchev–Trinajstić information content (AvgIpc) is 2.49. The first-order valence-electron chi connectivity index (χ1n) is 7.37. The molecule has 3 rings (SSSR count). The molecule has 1 aliphatic rings. The number of rotatable bonds is 3. The molecule has 0 spiro atoms. The van der Waals surface area contributed by atoms with Crippen molar-refractivity contribution in [3.63, 3.8) is 0 Å². The van der Waals surface area contributed by atoms with Crippen LogP contribution in [0.1, 0.15) is 18.4 Å². The molecule has 1 fully saturated rings. The molecule has 20 heavy (non-hydrogen) atoms. The molecule has 2 aromatic carbocycles. The van der Waals surface area contributed by atoms with E-state index in [0.29, 0.717) is 0 Å². The van der Waals surface area contributed by atoms with Gasteiger partial charge in [0.25, 0.3) is 0 Å². The van der Waals surface area contributed by atoms with Crippen molar-refractivity contribution in [2.45, 2.75) is 19.3 Å². The zero-order chi connectivity index (χ0) is 13.8. The van der Waals surface area contributed by atoms with Crippen molar-refractivity contribution in [3.8, 4) is 11.1 Å². The predicted molar refractivity (Wildman–Crippen MR) is 86.2 cm³/mol. The van der Waals surface area contributed by atoms with Crippen molar-refractivity contribution < 1.29 is 0 Å². The molecule has 0 amide bonds. The summed E-state index contributed by atoms with van der Waals surface area (Å²) in [6.45, 7) is 2.32. The van der Waals surface area contributed by atoms with E-state index in [1.807, 2.05) is 18.2 Å². The average molecular weight is 286 g/mol. The number of nitrogens with one attached hydrogen (secondary N) is 1. The largest absolute Gasteiger partial charge is 0.317 e. The van der Waals surface area contributed by atoms with Crippen molar-refractivity contribution in [2.75, 3.05) is 13.1 Å². The Morgan fingerprint density at radius 1 is 1.00 bits per heavy atom. The highest BCUT2D eigenvalue weighted by Gasteiger charge is 2.13. The number of benzene rings is 2. The molecule has 0 unspecified atom stereocenters. The molecule has 0 saturated carbocycles. The number of piperidine rings is 1. The Bertz CT molecular complexity index is 573. The highest BCUT2D eigenvalue weighted by atomic mass is 35.5. The van der Waals surface area contributed by atoms with Crippen LogP contribution < -0.4 is 5.32 Å². The van der Waals surface area contributed by atoms with E-state index in [-0.39, 0.29) is 0 Å². The normalized spacial score (nSPS) is 16.2. The summed E-state index contributed by atoms with van der Waals surface area (Å²) in [4.78, 5) is 0. The van der Waals surface area contributed by atoms with Gasteiger partial charge in [-0.3, -0.25) is 0 Å². The summed E-state index contributed by atoms with van der Waals surface area (Å²) < 4.78 is 0. The van der Waals surface area contributed by atoms with Gasteiger partial charge in [0.1, 0.15) is 0 Å². The highest BCUT2D eigenvalue weighted by molar-refractivity contribution is 6.33. The molecule has 1 saturated heterocycles. The SMILES string of the molecule is Clc1ccccc1-c1cccc(CC2CCNCC2)c1. The smallest absolute Gasteiger partial charge is 0.0484 e. The van der Waals surface area contributed by atoms with Crippen LogP contribution >= 0.6 is 11.6 Å². The molecule has 104 valence electrons. The van der Waals surface area contributed by atoms with Crippen molar-refractivity contribution in [3.05, 3.63) is 59.1 Å². The van der Waals surface area contributed by atoms with E-state index in [1.165, 1.54) is 30.4 Å². The number of hydrogen-bond acceptors (Lipinski definition) is 1. The molecule has 2 aromatic rings. The second-order valence-corrected chi connectivity index (χ2v) is 5.98. The molecule has 1 nitrogen and oxygen atoms in total. The molecule has 1 N–H and O–H groups in total. The Morgan fingerprint density at radius 3 is 2.60 bits per heavy atom. The van der Waals surface area contributed by atoms with Gasteiger partial charge in [0.05, 0.1) is 0 Å². The minimum absolute atomic E-state index is 0.817. The maximum absolute atomic E-state index is 6.29. The quantitative estimate of drug-likeness (QED) is 0.872. The van der Waals surface area contributed by atoms with Gasteiger partial charge < -0.3 is 5.32 Å². The third-order valence-corrected chi connectivity index (χ3v) is 4.42. The van der Waals surface area contributed by atoms with Gasteiger partial charge in [-0.2, -0.15) is 0 Å². The van der Waals surface area contributed by atoms with Crippen LogP contribution in [0.25, 0.3) is 11.1 Å². The Balaban J connectivity index is 1.80. The van der Waals surface area contributed by atoms with E-state index >= 15 is 0 Å². The van der Waals surface area contributed by atoms with Crippen molar-refractivity contribution in [1.82, 2.24) is 5.32 Å². The maximum atomic E-state index is 6.29. The lowest BCUT2D eigenvalue weighted by Gasteiger charge is -2.22. The minimum atomic E-state index is 0.817. The zero-order valence-corrected chi connectivity index (χ0v) is 12.4. The van der Waals surface area contributed by atoms with Crippen LogP contribution in [0.4, 0.5) is 0 Å². The van der Waals surface area contributed by atoms with E-state index in [4.69, 9.17) is 11.6 Å². The van der Waals surface area contributed by atoms with Crippen molar-refractivity contribution in [1.29, 1.82) is 0 Å². The standard InChI is InChI=1S/C18H20ClN/c19-18-7-2-1-6-17(18)16-5-3-4-15(13-16)12-14-8-10-20-11-9-14/h1-7,13-14,20H,8-12H2.